The van der Waals surface area contributed by atoms with E-state index in [1.54, 1.807) is 0 Å². The first kappa shape index (κ1) is 13.7. The number of carbonyl (C=O) groups excluding carboxylic acids is 1. The second kappa shape index (κ2) is 5.83. The van der Waals surface area contributed by atoms with Crippen LogP contribution in [-0.4, -0.2) is 5.91 Å². The molecule has 1 aromatic rings. The van der Waals surface area contributed by atoms with E-state index in [0.717, 1.165) is 21.3 Å². The maximum Gasteiger partial charge on any atom is 0.241 e. The predicted octanol–water partition coefficient (Wildman–Crippen LogP) is 3.55. The van der Waals surface area contributed by atoms with Crippen molar-refractivity contribution in [3.8, 4) is 6.07 Å². The molecule has 0 radical (unpaired) electrons. The van der Waals surface area contributed by atoms with Gasteiger partial charge in [0.1, 0.15) is 5.92 Å². The van der Waals surface area contributed by atoms with E-state index in [4.69, 9.17) is 5.26 Å². The molecule has 0 fully saturated rings. The van der Waals surface area contributed by atoms with Crippen molar-refractivity contribution in [2.24, 2.45) is 5.92 Å². The maximum absolute atomic E-state index is 11.8. The van der Waals surface area contributed by atoms with Gasteiger partial charge in [0.2, 0.25) is 5.91 Å². The van der Waals surface area contributed by atoms with Gasteiger partial charge in [0.15, 0.2) is 0 Å². The smallest absolute Gasteiger partial charge is 0.241 e. The number of benzene rings is 1. The van der Waals surface area contributed by atoms with Crippen LogP contribution in [0.1, 0.15) is 24.5 Å². The Labute approximate surface area is 110 Å². The standard InChI is InChI=1S/C13H15BrN2O/c1-4-10(7-15)13(17)16-12-9(3)5-8(2)6-11(12)14/h5-6,10H,4H2,1-3H3,(H,16,17). The number of halogens is 1. The summed E-state index contributed by atoms with van der Waals surface area (Å²) in [5.41, 5.74) is 2.85. The lowest BCUT2D eigenvalue weighted by atomic mass is 10.1. The van der Waals surface area contributed by atoms with E-state index < -0.39 is 5.92 Å². The molecule has 0 spiro atoms. The van der Waals surface area contributed by atoms with Gasteiger partial charge < -0.3 is 5.32 Å². The molecule has 0 aliphatic carbocycles. The first-order valence-electron chi connectivity index (χ1n) is 5.46. The average molecular weight is 295 g/mol. The minimum absolute atomic E-state index is 0.248. The highest BCUT2D eigenvalue weighted by atomic mass is 79.9. The number of hydrogen-bond donors (Lipinski definition) is 1. The summed E-state index contributed by atoms with van der Waals surface area (Å²) in [6.45, 7) is 5.75. The third-order valence-electron chi connectivity index (χ3n) is 2.56. The first-order valence-corrected chi connectivity index (χ1v) is 6.26. The fraction of sp³-hybridized carbons (Fsp3) is 0.385. The average Bonchev–Trinajstić information content (AvgIpc) is 2.25. The summed E-state index contributed by atoms with van der Waals surface area (Å²) in [7, 11) is 0. The molecule has 3 nitrogen and oxygen atoms in total. The van der Waals surface area contributed by atoms with Crippen LogP contribution in [0, 0.1) is 31.1 Å². The molecule has 0 saturated heterocycles. The number of rotatable bonds is 3. The first-order chi connectivity index (χ1) is 7.99. The predicted molar refractivity (Wildman–Crippen MR) is 71.6 cm³/mol. The Bertz CT molecular complexity index is 454. The summed E-state index contributed by atoms with van der Waals surface area (Å²) in [4.78, 5) is 11.8. The van der Waals surface area contributed by atoms with E-state index >= 15 is 0 Å². The Morgan fingerprint density at radius 3 is 2.65 bits per heavy atom. The molecule has 1 aromatic carbocycles. The normalized spacial score (nSPS) is 11.7. The Morgan fingerprint density at radius 1 is 1.53 bits per heavy atom. The largest absolute Gasteiger partial charge is 0.324 e. The van der Waals surface area contributed by atoms with Crippen LogP contribution >= 0.6 is 15.9 Å². The summed E-state index contributed by atoms with van der Waals surface area (Å²) in [5.74, 6) is -0.842. The SMILES string of the molecule is CCC(C#N)C(=O)Nc1c(C)cc(C)cc1Br. The zero-order valence-electron chi connectivity index (χ0n) is 10.2. The van der Waals surface area contributed by atoms with Gasteiger partial charge in [0, 0.05) is 4.47 Å². The molecule has 0 saturated carbocycles. The van der Waals surface area contributed by atoms with Crippen LogP contribution < -0.4 is 5.32 Å². The number of nitriles is 1. The van der Waals surface area contributed by atoms with E-state index in [1.807, 2.05) is 39.0 Å². The van der Waals surface area contributed by atoms with Crippen molar-refractivity contribution in [1.82, 2.24) is 0 Å². The van der Waals surface area contributed by atoms with Crippen LogP contribution in [0.5, 0.6) is 0 Å². The lowest BCUT2D eigenvalue weighted by Crippen LogP contribution is -2.21. The van der Waals surface area contributed by atoms with Crippen molar-refractivity contribution in [2.45, 2.75) is 27.2 Å². The fourth-order valence-electron chi connectivity index (χ4n) is 1.62. The number of nitrogens with zero attached hydrogens (tertiary/aromatic N) is 1. The van der Waals surface area contributed by atoms with Gasteiger partial charge in [-0.1, -0.05) is 13.0 Å². The van der Waals surface area contributed by atoms with Crippen molar-refractivity contribution < 1.29 is 4.79 Å². The number of aryl methyl sites for hydroxylation is 2. The number of nitrogens with one attached hydrogen (secondary N) is 1. The zero-order valence-corrected chi connectivity index (χ0v) is 11.8. The lowest BCUT2D eigenvalue weighted by Gasteiger charge is -2.13. The number of carbonyl (C=O) groups is 1. The third-order valence-corrected chi connectivity index (χ3v) is 3.19. The Balaban J connectivity index is 2.97. The van der Waals surface area contributed by atoms with Crippen LogP contribution in [0.25, 0.3) is 0 Å². The quantitative estimate of drug-likeness (QED) is 0.927. The molecule has 1 atom stereocenters. The summed E-state index contributed by atoms with van der Waals surface area (Å²) in [6, 6.07) is 5.93. The monoisotopic (exact) mass is 294 g/mol. The van der Waals surface area contributed by atoms with Gasteiger partial charge in [-0.25, -0.2) is 0 Å². The molecule has 17 heavy (non-hydrogen) atoms. The number of amides is 1. The van der Waals surface area contributed by atoms with Crippen LogP contribution in [-0.2, 0) is 4.79 Å². The van der Waals surface area contributed by atoms with Gasteiger partial charge in [-0.15, -0.1) is 0 Å². The lowest BCUT2D eigenvalue weighted by molar-refractivity contribution is -0.118. The Hall–Kier alpha value is -1.34. The maximum atomic E-state index is 11.8. The molecule has 90 valence electrons. The topological polar surface area (TPSA) is 52.9 Å². The number of hydrogen-bond acceptors (Lipinski definition) is 2. The van der Waals surface area contributed by atoms with Crippen molar-refractivity contribution in [2.75, 3.05) is 5.32 Å². The van der Waals surface area contributed by atoms with Gasteiger partial charge in [0.05, 0.1) is 11.8 Å². The van der Waals surface area contributed by atoms with Crippen molar-refractivity contribution >= 4 is 27.5 Å². The fourth-order valence-corrected chi connectivity index (χ4v) is 2.39. The van der Waals surface area contributed by atoms with Crippen molar-refractivity contribution in [3.05, 3.63) is 27.7 Å². The van der Waals surface area contributed by atoms with Crippen molar-refractivity contribution in [3.63, 3.8) is 0 Å². The second-order valence-electron chi connectivity index (χ2n) is 4.02. The Morgan fingerprint density at radius 2 is 2.18 bits per heavy atom. The molecule has 0 heterocycles. The molecule has 1 unspecified atom stereocenters. The van der Waals surface area contributed by atoms with Crippen LogP contribution in [0.3, 0.4) is 0 Å². The molecular weight excluding hydrogens is 280 g/mol. The van der Waals surface area contributed by atoms with E-state index in [-0.39, 0.29) is 5.91 Å². The van der Waals surface area contributed by atoms with Gasteiger partial charge >= 0.3 is 0 Å². The van der Waals surface area contributed by atoms with Crippen LogP contribution in [0.4, 0.5) is 5.69 Å². The van der Waals surface area contributed by atoms with E-state index in [9.17, 15) is 4.79 Å². The molecule has 1 rings (SSSR count). The van der Waals surface area contributed by atoms with E-state index in [0.29, 0.717) is 6.42 Å². The Kier molecular flexibility index (Phi) is 4.71. The summed E-state index contributed by atoms with van der Waals surface area (Å²) in [6.07, 6.45) is 0.519. The minimum Gasteiger partial charge on any atom is -0.324 e. The van der Waals surface area contributed by atoms with Gasteiger partial charge in [-0.3, -0.25) is 4.79 Å². The highest BCUT2D eigenvalue weighted by molar-refractivity contribution is 9.10. The molecule has 1 amide bonds. The molecule has 0 bridgehead atoms. The number of anilines is 1. The molecular formula is C13H15BrN2O. The minimum atomic E-state index is -0.595. The summed E-state index contributed by atoms with van der Waals surface area (Å²) >= 11 is 3.42. The van der Waals surface area contributed by atoms with E-state index in [1.165, 1.54) is 0 Å². The van der Waals surface area contributed by atoms with Crippen LogP contribution in [0.15, 0.2) is 16.6 Å². The highest BCUT2D eigenvalue weighted by Gasteiger charge is 2.17. The van der Waals surface area contributed by atoms with Gasteiger partial charge in [0.25, 0.3) is 0 Å². The molecule has 0 aliphatic heterocycles. The summed E-state index contributed by atoms with van der Waals surface area (Å²) < 4.78 is 0.844. The van der Waals surface area contributed by atoms with Crippen molar-refractivity contribution in [1.29, 1.82) is 5.26 Å². The second-order valence-corrected chi connectivity index (χ2v) is 4.87. The molecule has 1 N–H and O–H groups in total. The van der Waals surface area contributed by atoms with E-state index in [2.05, 4.69) is 21.2 Å². The molecule has 0 aliphatic rings. The highest BCUT2D eigenvalue weighted by Crippen LogP contribution is 2.28. The van der Waals surface area contributed by atoms with Gasteiger partial charge in [-0.05, 0) is 53.4 Å². The summed E-state index contributed by atoms with van der Waals surface area (Å²) in [5, 5.41) is 11.6. The van der Waals surface area contributed by atoms with Crippen LogP contribution in [0.2, 0.25) is 0 Å². The molecule has 4 heteroatoms. The zero-order chi connectivity index (χ0) is 13.0. The third kappa shape index (κ3) is 3.31. The van der Waals surface area contributed by atoms with Gasteiger partial charge in [-0.2, -0.15) is 5.26 Å². The molecule has 0 aromatic heterocycles.